The molecule has 1 amide bonds. The Kier molecular flexibility index (Phi) is 4.32. The predicted molar refractivity (Wildman–Crippen MR) is 89.1 cm³/mol. The summed E-state index contributed by atoms with van der Waals surface area (Å²) < 4.78 is 0. The first-order valence-corrected chi connectivity index (χ1v) is 8.13. The summed E-state index contributed by atoms with van der Waals surface area (Å²) >= 11 is 0. The monoisotopic (exact) mass is 314 g/mol. The van der Waals surface area contributed by atoms with Crippen molar-refractivity contribution in [3.8, 4) is 11.4 Å². The van der Waals surface area contributed by atoms with Crippen molar-refractivity contribution < 1.29 is 4.79 Å². The lowest BCUT2D eigenvalue weighted by molar-refractivity contribution is -0.125. The Labute approximate surface area is 134 Å². The molecular formula is C17H22N4O2. The maximum absolute atomic E-state index is 12.7. The van der Waals surface area contributed by atoms with E-state index in [0.717, 1.165) is 36.9 Å². The summed E-state index contributed by atoms with van der Waals surface area (Å²) in [5.41, 5.74) is 0.835. The number of carbonyl (C=O) groups is 1. The van der Waals surface area contributed by atoms with E-state index in [4.69, 9.17) is 0 Å². The van der Waals surface area contributed by atoms with Gasteiger partial charge in [-0.3, -0.25) is 9.78 Å². The Bertz CT molecular complexity index is 739. The molecule has 0 atom stereocenters. The second kappa shape index (κ2) is 6.40. The zero-order chi connectivity index (χ0) is 16.3. The molecule has 23 heavy (non-hydrogen) atoms. The zero-order valence-electron chi connectivity index (χ0n) is 13.3. The number of anilines is 1. The SMILES string of the molecule is CC1(C(=O)Nc2cccc(-c3n[nH]c(=O)[nH]3)c2)CCCCCC1. The molecule has 1 aromatic carbocycles. The summed E-state index contributed by atoms with van der Waals surface area (Å²) in [5.74, 6) is 0.541. The van der Waals surface area contributed by atoms with Gasteiger partial charge in [0.05, 0.1) is 0 Å². The number of aromatic nitrogens is 3. The molecule has 1 aromatic heterocycles. The molecule has 1 aliphatic rings. The van der Waals surface area contributed by atoms with E-state index in [2.05, 4.69) is 27.4 Å². The van der Waals surface area contributed by atoms with E-state index in [-0.39, 0.29) is 17.0 Å². The number of benzene rings is 1. The maximum Gasteiger partial charge on any atom is 0.340 e. The molecule has 3 rings (SSSR count). The van der Waals surface area contributed by atoms with Crippen LogP contribution in [0.15, 0.2) is 29.1 Å². The fourth-order valence-corrected chi connectivity index (χ4v) is 3.17. The fourth-order valence-electron chi connectivity index (χ4n) is 3.17. The number of carbonyl (C=O) groups excluding carboxylic acids is 1. The van der Waals surface area contributed by atoms with Gasteiger partial charge in [-0.2, -0.15) is 5.10 Å². The molecule has 0 unspecified atom stereocenters. The first-order chi connectivity index (χ1) is 11.1. The molecule has 2 aromatic rings. The predicted octanol–water partition coefficient (Wildman–Crippen LogP) is 3.06. The quantitative estimate of drug-likeness (QED) is 0.760. The molecule has 1 fully saturated rings. The second-order valence-corrected chi connectivity index (χ2v) is 6.54. The van der Waals surface area contributed by atoms with E-state index < -0.39 is 0 Å². The molecule has 1 saturated carbocycles. The summed E-state index contributed by atoms with van der Waals surface area (Å²) in [7, 11) is 0. The number of nitrogens with one attached hydrogen (secondary N) is 3. The summed E-state index contributed by atoms with van der Waals surface area (Å²) in [6, 6.07) is 7.36. The van der Waals surface area contributed by atoms with Crippen molar-refractivity contribution in [2.45, 2.75) is 45.4 Å². The fraction of sp³-hybridized carbons (Fsp3) is 0.471. The number of aromatic amines is 2. The van der Waals surface area contributed by atoms with Crippen LogP contribution in [0.1, 0.15) is 45.4 Å². The highest BCUT2D eigenvalue weighted by Gasteiger charge is 2.33. The number of hydrogen-bond donors (Lipinski definition) is 3. The van der Waals surface area contributed by atoms with Gasteiger partial charge in [-0.25, -0.2) is 9.89 Å². The highest BCUT2D eigenvalue weighted by atomic mass is 16.2. The van der Waals surface area contributed by atoms with Crippen LogP contribution >= 0.6 is 0 Å². The number of hydrogen-bond acceptors (Lipinski definition) is 3. The van der Waals surface area contributed by atoms with Crippen LogP contribution in [0.3, 0.4) is 0 Å². The van der Waals surface area contributed by atoms with Crippen LogP contribution < -0.4 is 11.0 Å². The van der Waals surface area contributed by atoms with Crippen molar-refractivity contribution in [1.29, 1.82) is 0 Å². The van der Waals surface area contributed by atoms with Gasteiger partial charge in [0.2, 0.25) is 5.91 Å². The molecule has 6 nitrogen and oxygen atoms in total. The molecule has 0 radical (unpaired) electrons. The van der Waals surface area contributed by atoms with Gasteiger partial charge >= 0.3 is 5.69 Å². The number of nitrogens with zero attached hydrogens (tertiary/aromatic N) is 1. The van der Waals surface area contributed by atoms with E-state index in [1.165, 1.54) is 12.8 Å². The van der Waals surface area contributed by atoms with E-state index in [9.17, 15) is 9.59 Å². The van der Waals surface area contributed by atoms with Gasteiger partial charge in [-0.15, -0.1) is 0 Å². The third-order valence-electron chi connectivity index (χ3n) is 4.65. The molecule has 3 N–H and O–H groups in total. The highest BCUT2D eigenvalue weighted by molar-refractivity contribution is 5.95. The largest absolute Gasteiger partial charge is 0.340 e. The summed E-state index contributed by atoms with van der Waals surface area (Å²) in [6.45, 7) is 2.06. The lowest BCUT2D eigenvalue weighted by Gasteiger charge is -2.26. The minimum absolute atomic E-state index is 0.0760. The van der Waals surface area contributed by atoms with E-state index in [1.54, 1.807) is 0 Å². The Morgan fingerprint density at radius 1 is 1.22 bits per heavy atom. The zero-order valence-corrected chi connectivity index (χ0v) is 13.3. The van der Waals surface area contributed by atoms with Crippen LogP contribution in [0.4, 0.5) is 5.69 Å². The van der Waals surface area contributed by atoms with Crippen LogP contribution in [0.2, 0.25) is 0 Å². The van der Waals surface area contributed by atoms with Crippen molar-refractivity contribution in [1.82, 2.24) is 15.2 Å². The van der Waals surface area contributed by atoms with Gasteiger partial charge in [0, 0.05) is 16.7 Å². The standard InChI is InChI=1S/C17H22N4O2/c1-17(9-4-2-3-5-10-17)15(22)18-13-8-6-7-12(11-13)14-19-16(23)21-20-14/h6-8,11H,2-5,9-10H2,1H3,(H,18,22)(H2,19,20,21,23). The van der Waals surface area contributed by atoms with Gasteiger partial charge in [0.15, 0.2) is 5.82 Å². The number of H-pyrrole nitrogens is 2. The first kappa shape index (κ1) is 15.5. The van der Waals surface area contributed by atoms with Crippen molar-refractivity contribution in [2.24, 2.45) is 5.41 Å². The molecular weight excluding hydrogens is 292 g/mol. The van der Waals surface area contributed by atoms with Gasteiger partial charge in [0.25, 0.3) is 0 Å². The number of rotatable bonds is 3. The van der Waals surface area contributed by atoms with Crippen molar-refractivity contribution in [3.05, 3.63) is 34.7 Å². The van der Waals surface area contributed by atoms with Gasteiger partial charge in [0.1, 0.15) is 0 Å². The highest BCUT2D eigenvalue weighted by Crippen LogP contribution is 2.35. The van der Waals surface area contributed by atoms with Crippen LogP contribution in [-0.4, -0.2) is 21.1 Å². The minimum atomic E-state index is -0.347. The first-order valence-electron chi connectivity index (χ1n) is 8.13. The van der Waals surface area contributed by atoms with Gasteiger partial charge < -0.3 is 5.32 Å². The molecule has 0 bridgehead atoms. The lowest BCUT2D eigenvalue weighted by Crippen LogP contribution is -2.33. The van der Waals surface area contributed by atoms with E-state index in [1.807, 2.05) is 24.3 Å². The van der Waals surface area contributed by atoms with E-state index in [0.29, 0.717) is 5.82 Å². The topological polar surface area (TPSA) is 90.6 Å². The molecule has 0 spiro atoms. The summed E-state index contributed by atoms with van der Waals surface area (Å²) in [5, 5.41) is 9.29. The third kappa shape index (κ3) is 3.52. The van der Waals surface area contributed by atoms with Crippen molar-refractivity contribution in [2.75, 3.05) is 5.32 Å². The van der Waals surface area contributed by atoms with Gasteiger partial charge in [-0.1, -0.05) is 44.7 Å². The molecule has 1 aliphatic carbocycles. The Morgan fingerprint density at radius 3 is 2.61 bits per heavy atom. The molecule has 122 valence electrons. The summed E-state index contributed by atoms with van der Waals surface area (Å²) in [4.78, 5) is 26.5. The maximum atomic E-state index is 12.7. The minimum Gasteiger partial charge on any atom is -0.326 e. The smallest absolute Gasteiger partial charge is 0.326 e. The Morgan fingerprint density at radius 2 is 1.96 bits per heavy atom. The van der Waals surface area contributed by atoms with Crippen LogP contribution in [0.5, 0.6) is 0 Å². The summed E-state index contributed by atoms with van der Waals surface area (Å²) in [6.07, 6.45) is 6.52. The third-order valence-corrected chi connectivity index (χ3v) is 4.65. The molecule has 0 saturated heterocycles. The second-order valence-electron chi connectivity index (χ2n) is 6.54. The average molecular weight is 314 g/mol. The Balaban J connectivity index is 1.77. The number of amides is 1. The average Bonchev–Trinajstić information content (AvgIpc) is 2.84. The Hall–Kier alpha value is -2.37. The van der Waals surface area contributed by atoms with Gasteiger partial charge in [-0.05, 0) is 25.0 Å². The van der Waals surface area contributed by atoms with Crippen LogP contribution in [0.25, 0.3) is 11.4 Å². The van der Waals surface area contributed by atoms with Crippen LogP contribution in [0, 0.1) is 5.41 Å². The van der Waals surface area contributed by atoms with Crippen molar-refractivity contribution >= 4 is 11.6 Å². The normalized spacial score (nSPS) is 17.4. The molecule has 1 heterocycles. The molecule has 6 heteroatoms. The van der Waals surface area contributed by atoms with Crippen molar-refractivity contribution in [3.63, 3.8) is 0 Å². The van der Waals surface area contributed by atoms with Crippen LogP contribution in [-0.2, 0) is 4.79 Å². The van der Waals surface area contributed by atoms with E-state index >= 15 is 0 Å². The lowest BCUT2D eigenvalue weighted by atomic mass is 9.81. The molecule has 0 aliphatic heterocycles.